The van der Waals surface area contributed by atoms with Crippen LogP contribution in [0.1, 0.15) is 0 Å². The molecule has 0 bridgehead atoms. The number of hydrogen-bond acceptors (Lipinski definition) is 5. The molecule has 96 valence electrons. The minimum atomic E-state index is -2.87. The molecule has 1 rings (SSSR count). The van der Waals surface area contributed by atoms with Gasteiger partial charge in [0.15, 0.2) is 17.4 Å². The Bertz CT molecular complexity index is 377. The molecule has 0 aliphatic heterocycles. The predicted molar refractivity (Wildman–Crippen MR) is 52.6 cm³/mol. The summed E-state index contributed by atoms with van der Waals surface area (Å²) in [6, 6.07) is 0.962. The third kappa shape index (κ3) is 3.99. The Labute approximate surface area is 95.3 Å². The Morgan fingerprint density at radius 1 is 1.41 bits per heavy atom. The standard InChI is InChI=1S/C9H11F3N2O3/c1-15-8-6(4-5(10)7(13)14-8)16-2-3-17-9(11)12/h4,9H,2-3H2,1H3,(H2,13,14). The smallest absolute Gasteiger partial charge is 0.345 e. The zero-order valence-corrected chi connectivity index (χ0v) is 8.95. The maximum atomic E-state index is 13.1. The molecule has 17 heavy (non-hydrogen) atoms. The van der Waals surface area contributed by atoms with Crippen LogP contribution in [0.2, 0.25) is 0 Å². The van der Waals surface area contributed by atoms with E-state index in [-0.39, 0.29) is 30.7 Å². The number of rotatable bonds is 6. The molecule has 0 fully saturated rings. The zero-order valence-electron chi connectivity index (χ0n) is 8.95. The minimum absolute atomic E-state index is 0.0269. The molecule has 0 radical (unpaired) electrons. The van der Waals surface area contributed by atoms with E-state index in [1.54, 1.807) is 0 Å². The van der Waals surface area contributed by atoms with Gasteiger partial charge >= 0.3 is 6.61 Å². The molecule has 2 N–H and O–H groups in total. The number of nitrogens with two attached hydrogens (primary N) is 1. The fraction of sp³-hybridized carbons (Fsp3) is 0.444. The Hall–Kier alpha value is -1.70. The van der Waals surface area contributed by atoms with E-state index < -0.39 is 12.4 Å². The van der Waals surface area contributed by atoms with E-state index in [9.17, 15) is 13.2 Å². The van der Waals surface area contributed by atoms with Gasteiger partial charge in [0.05, 0.1) is 13.7 Å². The van der Waals surface area contributed by atoms with Crippen LogP contribution in [-0.2, 0) is 4.74 Å². The first-order valence-corrected chi connectivity index (χ1v) is 4.57. The summed E-state index contributed by atoms with van der Waals surface area (Å²) in [5.41, 5.74) is 5.21. The molecule has 1 aromatic rings. The maximum Gasteiger partial charge on any atom is 0.345 e. The van der Waals surface area contributed by atoms with E-state index >= 15 is 0 Å². The molecule has 1 heterocycles. The molecule has 8 heteroatoms. The average molecular weight is 252 g/mol. The minimum Gasteiger partial charge on any atom is -0.485 e. The van der Waals surface area contributed by atoms with Gasteiger partial charge in [-0.2, -0.15) is 13.8 Å². The number of ether oxygens (including phenoxy) is 3. The van der Waals surface area contributed by atoms with Gasteiger partial charge in [0.2, 0.25) is 0 Å². The number of aromatic nitrogens is 1. The lowest BCUT2D eigenvalue weighted by atomic mass is 10.4. The Morgan fingerprint density at radius 3 is 2.71 bits per heavy atom. The first-order chi connectivity index (χ1) is 8.04. The second-order valence-corrected chi connectivity index (χ2v) is 2.84. The third-order valence-electron chi connectivity index (χ3n) is 1.71. The average Bonchev–Trinajstić information content (AvgIpc) is 2.28. The van der Waals surface area contributed by atoms with Crippen molar-refractivity contribution in [3.63, 3.8) is 0 Å². The number of pyridine rings is 1. The molecular formula is C9H11F3N2O3. The van der Waals surface area contributed by atoms with Crippen LogP contribution in [0, 0.1) is 5.82 Å². The number of halogens is 3. The van der Waals surface area contributed by atoms with Gasteiger partial charge in [-0.15, -0.1) is 0 Å². The lowest BCUT2D eigenvalue weighted by Gasteiger charge is -2.10. The number of methoxy groups -OCH3 is 1. The Morgan fingerprint density at radius 2 is 2.12 bits per heavy atom. The molecule has 0 aromatic carbocycles. The van der Waals surface area contributed by atoms with Crippen molar-refractivity contribution < 1.29 is 27.4 Å². The van der Waals surface area contributed by atoms with Crippen LogP contribution in [0.3, 0.4) is 0 Å². The monoisotopic (exact) mass is 252 g/mol. The molecule has 0 spiro atoms. The van der Waals surface area contributed by atoms with E-state index in [0.717, 1.165) is 6.07 Å². The van der Waals surface area contributed by atoms with Crippen molar-refractivity contribution in [1.29, 1.82) is 0 Å². The summed E-state index contributed by atoms with van der Waals surface area (Å²) in [5, 5.41) is 0. The summed E-state index contributed by atoms with van der Waals surface area (Å²) < 4.78 is 50.0. The van der Waals surface area contributed by atoms with Crippen molar-refractivity contribution in [1.82, 2.24) is 4.98 Å². The van der Waals surface area contributed by atoms with Gasteiger partial charge in [-0.3, -0.25) is 0 Å². The lowest BCUT2D eigenvalue weighted by Crippen LogP contribution is -2.11. The van der Waals surface area contributed by atoms with Gasteiger partial charge in [0.25, 0.3) is 5.88 Å². The highest BCUT2D eigenvalue weighted by atomic mass is 19.3. The van der Waals surface area contributed by atoms with E-state index in [0.29, 0.717) is 0 Å². The predicted octanol–water partition coefficient (Wildman–Crippen LogP) is 1.43. The van der Waals surface area contributed by atoms with E-state index in [1.807, 2.05) is 0 Å². The van der Waals surface area contributed by atoms with Crippen LogP contribution < -0.4 is 15.2 Å². The van der Waals surface area contributed by atoms with E-state index in [2.05, 4.69) is 9.72 Å². The number of nitrogen functional groups attached to an aromatic ring is 1. The van der Waals surface area contributed by atoms with Gasteiger partial charge in [-0.05, 0) is 0 Å². The fourth-order valence-electron chi connectivity index (χ4n) is 1.01. The Balaban J connectivity index is 2.60. The van der Waals surface area contributed by atoms with Crippen LogP contribution in [-0.4, -0.2) is 31.9 Å². The summed E-state index contributed by atoms with van der Waals surface area (Å²) >= 11 is 0. The Kier molecular flexibility index (Phi) is 4.83. The fourth-order valence-corrected chi connectivity index (χ4v) is 1.01. The first kappa shape index (κ1) is 13.4. The van der Waals surface area contributed by atoms with Gasteiger partial charge in [-0.25, -0.2) is 4.39 Å². The van der Waals surface area contributed by atoms with E-state index in [4.69, 9.17) is 15.2 Å². The summed E-state index contributed by atoms with van der Waals surface area (Å²) in [6.45, 7) is -3.40. The lowest BCUT2D eigenvalue weighted by molar-refractivity contribution is -0.133. The van der Waals surface area contributed by atoms with Gasteiger partial charge < -0.3 is 19.9 Å². The molecule has 0 aliphatic carbocycles. The highest BCUT2D eigenvalue weighted by Gasteiger charge is 2.11. The van der Waals surface area contributed by atoms with Gasteiger partial charge in [-0.1, -0.05) is 0 Å². The molecular weight excluding hydrogens is 241 g/mol. The van der Waals surface area contributed by atoms with Crippen molar-refractivity contribution in [3.8, 4) is 11.6 Å². The SMILES string of the molecule is COc1nc(N)c(F)cc1OCCOC(F)F. The van der Waals surface area contributed by atoms with Crippen molar-refractivity contribution in [2.75, 3.05) is 26.1 Å². The molecule has 0 saturated heterocycles. The molecule has 0 atom stereocenters. The van der Waals surface area contributed by atoms with Crippen LogP contribution in [0.15, 0.2) is 6.07 Å². The first-order valence-electron chi connectivity index (χ1n) is 4.57. The van der Waals surface area contributed by atoms with Gasteiger partial charge in [0, 0.05) is 6.07 Å². The van der Waals surface area contributed by atoms with Crippen molar-refractivity contribution >= 4 is 5.82 Å². The van der Waals surface area contributed by atoms with Crippen LogP contribution in [0.4, 0.5) is 19.0 Å². The van der Waals surface area contributed by atoms with Crippen molar-refractivity contribution in [2.24, 2.45) is 0 Å². The summed E-state index contributed by atoms with van der Waals surface area (Å²) in [7, 11) is 1.29. The second kappa shape index (κ2) is 6.14. The van der Waals surface area contributed by atoms with Crippen molar-refractivity contribution in [3.05, 3.63) is 11.9 Å². The molecule has 0 saturated carbocycles. The summed E-state index contributed by atoms with van der Waals surface area (Å²) in [5.74, 6) is -1.17. The molecule has 5 nitrogen and oxygen atoms in total. The molecule has 0 unspecified atom stereocenters. The largest absolute Gasteiger partial charge is 0.485 e. The topological polar surface area (TPSA) is 66.6 Å². The highest BCUT2D eigenvalue weighted by Crippen LogP contribution is 2.27. The zero-order chi connectivity index (χ0) is 12.8. The molecule has 0 amide bonds. The number of anilines is 1. The maximum absolute atomic E-state index is 13.1. The summed E-state index contributed by atoms with van der Waals surface area (Å²) in [4.78, 5) is 3.57. The van der Waals surface area contributed by atoms with E-state index in [1.165, 1.54) is 7.11 Å². The summed E-state index contributed by atoms with van der Waals surface area (Å²) in [6.07, 6.45) is 0. The third-order valence-corrected chi connectivity index (χ3v) is 1.71. The highest BCUT2D eigenvalue weighted by molar-refractivity contribution is 5.43. The number of alkyl halides is 2. The quantitative estimate of drug-likeness (QED) is 0.776. The molecule has 0 aliphatic rings. The molecule has 1 aromatic heterocycles. The normalized spacial score (nSPS) is 10.6. The second-order valence-electron chi connectivity index (χ2n) is 2.84. The number of nitrogens with zero attached hydrogens (tertiary/aromatic N) is 1. The van der Waals surface area contributed by atoms with Gasteiger partial charge in [0.1, 0.15) is 6.61 Å². The van der Waals surface area contributed by atoms with Crippen molar-refractivity contribution in [2.45, 2.75) is 6.61 Å². The van der Waals surface area contributed by atoms with Crippen LogP contribution in [0.5, 0.6) is 11.6 Å². The van der Waals surface area contributed by atoms with Crippen LogP contribution >= 0.6 is 0 Å². The van der Waals surface area contributed by atoms with Crippen LogP contribution in [0.25, 0.3) is 0 Å². The number of hydrogen-bond donors (Lipinski definition) is 1.